The summed E-state index contributed by atoms with van der Waals surface area (Å²) in [7, 11) is 0. The van der Waals surface area contributed by atoms with Gasteiger partial charge in [0, 0.05) is 15.8 Å². The van der Waals surface area contributed by atoms with Crippen molar-refractivity contribution < 1.29 is 23.1 Å². The van der Waals surface area contributed by atoms with Gasteiger partial charge in [0.2, 0.25) is 0 Å². The highest BCUT2D eigenvalue weighted by atomic mass is 32.1. The van der Waals surface area contributed by atoms with Crippen LogP contribution in [0.5, 0.6) is 0 Å². The summed E-state index contributed by atoms with van der Waals surface area (Å²) in [5.41, 5.74) is 0.544. The van der Waals surface area contributed by atoms with E-state index in [0.717, 1.165) is 23.8 Å². The van der Waals surface area contributed by atoms with E-state index in [-0.39, 0.29) is 0 Å². The highest BCUT2D eigenvalue weighted by Gasteiger charge is 2.30. The molecule has 0 bridgehead atoms. The average Bonchev–Trinajstić information content (AvgIpc) is 2.84. The molecule has 0 aliphatic heterocycles. The molecule has 1 heterocycles. The Hall–Kier alpha value is -2.08. The molecule has 0 saturated heterocycles. The van der Waals surface area contributed by atoms with Crippen molar-refractivity contribution in [2.24, 2.45) is 0 Å². The fourth-order valence-electron chi connectivity index (χ4n) is 1.80. The predicted octanol–water partition coefficient (Wildman–Crippen LogP) is 4.84. The molecule has 1 aromatic heterocycles. The minimum Gasteiger partial charge on any atom is -0.478 e. The zero-order valence-corrected chi connectivity index (χ0v) is 11.8. The van der Waals surface area contributed by atoms with Crippen molar-refractivity contribution in [3.63, 3.8) is 0 Å². The molecular weight excluding hydrogens is 301 g/mol. The molecule has 0 atom stereocenters. The summed E-state index contributed by atoms with van der Waals surface area (Å²) >= 11 is 1.24. The quantitative estimate of drug-likeness (QED) is 0.823. The lowest BCUT2D eigenvalue weighted by atomic mass is 10.0. The van der Waals surface area contributed by atoms with E-state index >= 15 is 0 Å². The molecule has 0 saturated carbocycles. The molecule has 21 heavy (non-hydrogen) atoms. The fraction of sp³-hybridized carbons (Fsp3) is 0.133. The highest BCUT2D eigenvalue weighted by molar-refractivity contribution is 7.16. The molecule has 0 radical (unpaired) electrons. The number of carboxylic acid groups (broad SMARTS) is 1. The first-order chi connectivity index (χ1) is 9.77. The largest absolute Gasteiger partial charge is 0.478 e. The summed E-state index contributed by atoms with van der Waals surface area (Å²) in [4.78, 5) is 11.8. The minimum atomic E-state index is -4.38. The number of rotatable bonds is 3. The first kappa shape index (κ1) is 15.3. The summed E-state index contributed by atoms with van der Waals surface area (Å²) in [6.07, 6.45) is -1.97. The number of benzene rings is 1. The van der Waals surface area contributed by atoms with Crippen molar-refractivity contribution in [2.75, 3.05) is 0 Å². The molecule has 1 aromatic carbocycles. The van der Waals surface area contributed by atoms with Crippen molar-refractivity contribution in [2.45, 2.75) is 13.1 Å². The zero-order valence-electron chi connectivity index (χ0n) is 10.9. The fourth-order valence-corrected chi connectivity index (χ4v) is 2.80. The topological polar surface area (TPSA) is 37.3 Å². The van der Waals surface area contributed by atoms with Crippen LogP contribution in [0.25, 0.3) is 16.5 Å². The van der Waals surface area contributed by atoms with E-state index in [4.69, 9.17) is 5.11 Å². The molecule has 0 aliphatic carbocycles. The van der Waals surface area contributed by atoms with Crippen LogP contribution < -0.4 is 0 Å². The number of aliphatic carboxylic acids is 1. The standard InChI is InChI=1S/C15H11F3O2S/c1-9-2-3-10(15(16,17)18)8-12(9)13-6-4-11(21-13)5-7-14(19)20/h2-8H,1H3,(H,19,20). The predicted molar refractivity (Wildman–Crippen MR) is 76.2 cm³/mol. The zero-order chi connectivity index (χ0) is 15.6. The van der Waals surface area contributed by atoms with Gasteiger partial charge < -0.3 is 5.11 Å². The van der Waals surface area contributed by atoms with E-state index in [1.165, 1.54) is 23.5 Å². The first-order valence-electron chi connectivity index (χ1n) is 5.96. The van der Waals surface area contributed by atoms with Gasteiger partial charge in [-0.2, -0.15) is 13.2 Å². The second-order valence-electron chi connectivity index (χ2n) is 4.40. The Morgan fingerprint density at radius 1 is 1.24 bits per heavy atom. The van der Waals surface area contributed by atoms with Crippen LogP contribution in [0.4, 0.5) is 13.2 Å². The number of alkyl halides is 3. The summed E-state index contributed by atoms with van der Waals surface area (Å²) in [6, 6.07) is 6.97. The van der Waals surface area contributed by atoms with Crippen LogP contribution in [0.3, 0.4) is 0 Å². The normalized spacial score (nSPS) is 12.0. The number of carboxylic acids is 1. The number of hydrogen-bond acceptors (Lipinski definition) is 2. The molecule has 0 unspecified atom stereocenters. The van der Waals surface area contributed by atoms with Gasteiger partial charge in [-0.3, -0.25) is 0 Å². The van der Waals surface area contributed by atoms with Crippen molar-refractivity contribution in [1.82, 2.24) is 0 Å². The van der Waals surface area contributed by atoms with Crippen LogP contribution >= 0.6 is 11.3 Å². The number of thiophene rings is 1. The summed E-state index contributed by atoms with van der Waals surface area (Å²) < 4.78 is 38.3. The minimum absolute atomic E-state index is 0.504. The Balaban J connectivity index is 2.40. The van der Waals surface area contributed by atoms with Crippen molar-refractivity contribution in [3.05, 3.63) is 52.4 Å². The van der Waals surface area contributed by atoms with Crippen molar-refractivity contribution >= 4 is 23.4 Å². The maximum absolute atomic E-state index is 12.8. The lowest BCUT2D eigenvalue weighted by molar-refractivity contribution is -0.137. The molecule has 0 amide bonds. The molecule has 0 aliphatic rings. The van der Waals surface area contributed by atoms with Crippen LogP contribution in [0.15, 0.2) is 36.4 Å². The van der Waals surface area contributed by atoms with Crippen molar-refractivity contribution in [3.8, 4) is 10.4 Å². The van der Waals surface area contributed by atoms with Crippen LogP contribution in [-0.2, 0) is 11.0 Å². The van der Waals surface area contributed by atoms with Gasteiger partial charge >= 0.3 is 12.1 Å². The third-order valence-electron chi connectivity index (χ3n) is 2.85. The SMILES string of the molecule is Cc1ccc(C(F)(F)F)cc1-c1ccc(C=CC(=O)O)s1. The Labute approximate surface area is 123 Å². The summed E-state index contributed by atoms with van der Waals surface area (Å²) in [6.45, 7) is 1.74. The van der Waals surface area contributed by atoms with Gasteiger partial charge in [-0.25, -0.2) is 4.79 Å². The van der Waals surface area contributed by atoms with E-state index in [0.29, 0.717) is 15.3 Å². The lowest BCUT2D eigenvalue weighted by Crippen LogP contribution is -2.05. The van der Waals surface area contributed by atoms with Gasteiger partial charge in [0.1, 0.15) is 0 Å². The molecule has 1 N–H and O–H groups in total. The average molecular weight is 312 g/mol. The molecular formula is C15H11F3O2S. The molecule has 2 rings (SSSR count). The molecule has 6 heteroatoms. The van der Waals surface area contributed by atoms with E-state index in [1.54, 1.807) is 19.1 Å². The molecule has 0 fully saturated rings. The van der Waals surface area contributed by atoms with Crippen LogP contribution in [0.2, 0.25) is 0 Å². The van der Waals surface area contributed by atoms with Crippen molar-refractivity contribution in [1.29, 1.82) is 0 Å². The maximum Gasteiger partial charge on any atom is 0.416 e. The molecule has 2 nitrogen and oxygen atoms in total. The summed E-state index contributed by atoms with van der Waals surface area (Å²) in [5.74, 6) is -1.07. The van der Waals surface area contributed by atoms with E-state index in [9.17, 15) is 18.0 Å². The first-order valence-corrected chi connectivity index (χ1v) is 6.78. The van der Waals surface area contributed by atoms with Crippen LogP contribution in [-0.4, -0.2) is 11.1 Å². The number of carbonyl (C=O) groups is 1. The van der Waals surface area contributed by atoms with E-state index in [1.807, 2.05) is 0 Å². The van der Waals surface area contributed by atoms with Gasteiger partial charge in [-0.1, -0.05) is 6.07 Å². The molecule has 110 valence electrons. The third kappa shape index (κ3) is 3.72. The van der Waals surface area contributed by atoms with Gasteiger partial charge in [-0.15, -0.1) is 11.3 Å². The van der Waals surface area contributed by atoms with Crippen LogP contribution in [0, 0.1) is 6.92 Å². The van der Waals surface area contributed by atoms with Gasteiger partial charge in [0.25, 0.3) is 0 Å². The van der Waals surface area contributed by atoms with Crippen LogP contribution in [0.1, 0.15) is 16.0 Å². The highest BCUT2D eigenvalue weighted by Crippen LogP contribution is 2.36. The Bertz CT molecular complexity index is 699. The van der Waals surface area contributed by atoms with E-state index < -0.39 is 17.7 Å². The Morgan fingerprint density at radius 3 is 2.57 bits per heavy atom. The molecule has 0 spiro atoms. The number of aryl methyl sites for hydroxylation is 1. The summed E-state index contributed by atoms with van der Waals surface area (Å²) in [5, 5.41) is 8.56. The van der Waals surface area contributed by atoms with Gasteiger partial charge in [0.05, 0.1) is 5.56 Å². The Kier molecular flexibility index (Phi) is 4.18. The smallest absolute Gasteiger partial charge is 0.416 e. The Morgan fingerprint density at radius 2 is 1.95 bits per heavy atom. The lowest BCUT2D eigenvalue weighted by Gasteiger charge is -2.10. The van der Waals surface area contributed by atoms with Gasteiger partial charge in [0.15, 0.2) is 0 Å². The van der Waals surface area contributed by atoms with E-state index in [2.05, 4.69) is 0 Å². The third-order valence-corrected chi connectivity index (χ3v) is 3.93. The second kappa shape index (κ2) is 5.73. The maximum atomic E-state index is 12.8. The molecule has 2 aromatic rings. The number of halogens is 3. The van der Waals surface area contributed by atoms with Gasteiger partial charge in [-0.05, 0) is 48.4 Å². The monoisotopic (exact) mass is 312 g/mol. The second-order valence-corrected chi connectivity index (χ2v) is 5.52. The number of hydrogen-bond donors (Lipinski definition) is 1.